The number of hydrogen-bond donors (Lipinski definition) is 1. The Balaban J connectivity index is 1.77. The van der Waals surface area contributed by atoms with Crippen LogP contribution >= 0.6 is 0 Å². The summed E-state index contributed by atoms with van der Waals surface area (Å²) in [6.07, 6.45) is 0.783. The lowest BCUT2D eigenvalue weighted by molar-refractivity contribution is -0.149. The average molecular weight is 263 g/mol. The standard InChI is InChI=1S/C14H17NO4/c15-14(17)19-12-7-6-11(8-12)13(16)18-9-10-4-2-1-3-5-10/h1-5,11-12H,6-9H2,(H2,15,17). The van der Waals surface area contributed by atoms with Crippen molar-refractivity contribution < 1.29 is 19.1 Å². The van der Waals surface area contributed by atoms with E-state index in [2.05, 4.69) is 0 Å². The third kappa shape index (κ3) is 3.98. The molecule has 0 aliphatic heterocycles. The van der Waals surface area contributed by atoms with Gasteiger partial charge in [0.15, 0.2) is 0 Å². The molecular formula is C14H17NO4. The molecule has 0 bridgehead atoms. The Labute approximate surface area is 111 Å². The molecule has 0 radical (unpaired) electrons. The SMILES string of the molecule is NC(=O)OC1CCC(C(=O)OCc2ccccc2)C1. The monoisotopic (exact) mass is 263 g/mol. The number of amides is 1. The van der Waals surface area contributed by atoms with E-state index >= 15 is 0 Å². The van der Waals surface area contributed by atoms with Gasteiger partial charge in [0.2, 0.25) is 0 Å². The zero-order valence-electron chi connectivity index (χ0n) is 10.6. The molecule has 2 rings (SSSR count). The number of nitrogens with two attached hydrogens (primary N) is 1. The molecule has 1 aromatic rings. The fourth-order valence-electron chi connectivity index (χ4n) is 2.27. The fraction of sp³-hybridized carbons (Fsp3) is 0.429. The number of hydrogen-bond acceptors (Lipinski definition) is 4. The van der Waals surface area contributed by atoms with Gasteiger partial charge in [0.1, 0.15) is 12.7 Å². The number of benzene rings is 1. The van der Waals surface area contributed by atoms with Gasteiger partial charge in [-0.25, -0.2) is 4.79 Å². The molecule has 2 N–H and O–H groups in total. The predicted octanol–water partition coefficient (Wildman–Crippen LogP) is 1.99. The zero-order valence-corrected chi connectivity index (χ0v) is 10.6. The zero-order chi connectivity index (χ0) is 13.7. The van der Waals surface area contributed by atoms with E-state index in [1.54, 1.807) is 0 Å². The minimum Gasteiger partial charge on any atom is -0.461 e. The molecule has 1 fully saturated rings. The highest BCUT2D eigenvalue weighted by molar-refractivity contribution is 5.73. The van der Waals surface area contributed by atoms with Crippen LogP contribution in [0.25, 0.3) is 0 Å². The van der Waals surface area contributed by atoms with Crippen molar-refractivity contribution in [3.63, 3.8) is 0 Å². The second kappa shape index (κ2) is 6.22. The number of rotatable bonds is 4. The summed E-state index contributed by atoms with van der Waals surface area (Å²) in [5.74, 6) is -0.438. The van der Waals surface area contributed by atoms with Gasteiger partial charge in [0, 0.05) is 0 Å². The Morgan fingerprint density at radius 1 is 1.21 bits per heavy atom. The molecule has 0 spiro atoms. The highest BCUT2D eigenvalue weighted by atomic mass is 16.6. The van der Waals surface area contributed by atoms with Crippen LogP contribution in [0.4, 0.5) is 4.79 Å². The quantitative estimate of drug-likeness (QED) is 0.842. The lowest BCUT2D eigenvalue weighted by atomic mass is 10.1. The minimum absolute atomic E-state index is 0.201. The van der Waals surface area contributed by atoms with Gasteiger partial charge in [-0.1, -0.05) is 30.3 Å². The molecule has 2 unspecified atom stereocenters. The molecule has 1 amide bonds. The third-order valence-corrected chi connectivity index (χ3v) is 3.22. The van der Waals surface area contributed by atoms with Gasteiger partial charge in [0.25, 0.3) is 0 Å². The number of primary amides is 1. The first-order valence-corrected chi connectivity index (χ1v) is 6.32. The van der Waals surface area contributed by atoms with Crippen molar-refractivity contribution in [1.29, 1.82) is 0 Å². The molecule has 102 valence electrons. The highest BCUT2D eigenvalue weighted by Gasteiger charge is 2.32. The molecule has 0 aromatic heterocycles. The molecule has 1 saturated carbocycles. The van der Waals surface area contributed by atoms with E-state index in [1.165, 1.54) is 0 Å². The van der Waals surface area contributed by atoms with Crippen LogP contribution in [0.2, 0.25) is 0 Å². The van der Waals surface area contributed by atoms with Crippen LogP contribution in [-0.4, -0.2) is 18.2 Å². The summed E-state index contributed by atoms with van der Waals surface area (Å²) in [7, 11) is 0. The minimum atomic E-state index is -0.789. The molecule has 0 saturated heterocycles. The first-order valence-electron chi connectivity index (χ1n) is 6.32. The smallest absolute Gasteiger partial charge is 0.404 e. The van der Waals surface area contributed by atoms with Gasteiger partial charge in [-0.3, -0.25) is 4.79 Å². The Kier molecular flexibility index (Phi) is 4.39. The van der Waals surface area contributed by atoms with Crippen molar-refractivity contribution in [2.24, 2.45) is 11.7 Å². The molecule has 2 atom stereocenters. The summed E-state index contributed by atoms with van der Waals surface area (Å²) >= 11 is 0. The summed E-state index contributed by atoms with van der Waals surface area (Å²) in [6.45, 7) is 0.275. The van der Waals surface area contributed by atoms with Crippen molar-refractivity contribution in [1.82, 2.24) is 0 Å². The van der Waals surface area contributed by atoms with Crippen molar-refractivity contribution in [2.45, 2.75) is 32.0 Å². The topological polar surface area (TPSA) is 78.6 Å². The lowest BCUT2D eigenvalue weighted by Gasteiger charge is -2.11. The summed E-state index contributed by atoms with van der Waals surface area (Å²) in [5.41, 5.74) is 5.91. The van der Waals surface area contributed by atoms with Gasteiger partial charge in [-0.05, 0) is 24.8 Å². The predicted molar refractivity (Wildman–Crippen MR) is 68.0 cm³/mol. The largest absolute Gasteiger partial charge is 0.461 e. The second-order valence-electron chi connectivity index (χ2n) is 4.66. The summed E-state index contributed by atoms with van der Waals surface area (Å²) in [6, 6.07) is 9.51. The van der Waals surface area contributed by atoms with Gasteiger partial charge in [0.05, 0.1) is 5.92 Å². The molecule has 1 aliphatic carbocycles. The summed E-state index contributed by atoms with van der Waals surface area (Å²) in [4.78, 5) is 22.5. The van der Waals surface area contributed by atoms with Crippen LogP contribution in [0, 0.1) is 5.92 Å². The fourth-order valence-corrected chi connectivity index (χ4v) is 2.27. The van der Waals surface area contributed by atoms with Gasteiger partial charge < -0.3 is 15.2 Å². The van der Waals surface area contributed by atoms with E-state index < -0.39 is 6.09 Å². The maximum Gasteiger partial charge on any atom is 0.404 e. The van der Waals surface area contributed by atoms with Crippen LogP contribution in [0.5, 0.6) is 0 Å². The van der Waals surface area contributed by atoms with Crippen molar-refractivity contribution in [3.8, 4) is 0 Å². The van der Waals surface area contributed by atoms with Gasteiger partial charge in [-0.15, -0.1) is 0 Å². The molecule has 5 heteroatoms. The van der Waals surface area contributed by atoms with E-state index in [9.17, 15) is 9.59 Å². The lowest BCUT2D eigenvalue weighted by Crippen LogP contribution is -2.22. The number of carbonyl (C=O) groups excluding carboxylic acids is 2. The van der Waals surface area contributed by atoms with Crippen molar-refractivity contribution >= 4 is 12.1 Å². The number of esters is 1. The van der Waals surface area contributed by atoms with E-state index in [1.807, 2.05) is 30.3 Å². The number of ether oxygens (including phenoxy) is 2. The van der Waals surface area contributed by atoms with E-state index in [0.717, 1.165) is 5.56 Å². The van der Waals surface area contributed by atoms with Gasteiger partial charge in [-0.2, -0.15) is 0 Å². The van der Waals surface area contributed by atoms with Crippen LogP contribution < -0.4 is 5.73 Å². The maximum atomic E-state index is 11.9. The van der Waals surface area contributed by atoms with Gasteiger partial charge >= 0.3 is 12.1 Å². The maximum absolute atomic E-state index is 11.9. The van der Waals surface area contributed by atoms with E-state index in [0.29, 0.717) is 19.3 Å². The van der Waals surface area contributed by atoms with E-state index in [4.69, 9.17) is 15.2 Å². The average Bonchev–Trinajstić information content (AvgIpc) is 2.85. The summed E-state index contributed by atoms with van der Waals surface area (Å²) in [5, 5.41) is 0. The van der Waals surface area contributed by atoms with Crippen molar-refractivity contribution in [3.05, 3.63) is 35.9 Å². The summed E-state index contributed by atoms with van der Waals surface area (Å²) < 4.78 is 10.1. The molecule has 0 heterocycles. The normalized spacial score (nSPS) is 21.9. The highest BCUT2D eigenvalue weighted by Crippen LogP contribution is 2.29. The molecule has 19 heavy (non-hydrogen) atoms. The Bertz CT molecular complexity index is 446. The van der Waals surface area contributed by atoms with E-state index in [-0.39, 0.29) is 24.6 Å². The van der Waals surface area contributed by atoms with Crippen molar-refractivity contribution in [2.75, 3.05) is 0 Å². The Hall–Kier alpha value is -2.04. The van der Waals surface area contributed by atoms with Crippen LogP contribution in [0.3, 0.4) is 0 Å². The molecular weight excluding hydrogens is 246 g/mol. The second-order valence-corrected chi connectivity index (χ2v) is 4.66. The molecule has 1 aliphatic rings. The van der Waals surface area contributed by atoms with Crippen LogP contribution in [0.1, 0.15) is 24.8 Å². The van der Waals surface area contributed by atoms with Crippen LogP contribution in [0.15, 0.2) is 30.3 Å². The first-order chi connectivity index (χ1) is 9.15. The third-order valence-electron chi connectivity index (χ3n) is 3.22. The Morgan fingerprint density at radius 3 is 2.63 bits per heavy atom. The van der Waals surface area contributed by atoms with Crippen LogP contribution in [-0.2, 0) is 20.9 Å². The number of carbonyl (C=O) groups is 2. The molecule has 5 nitrogen and oxygen atoms in total. The Morgan fingerprint density at radius 2 is 1.95 bits per heavy atom. The molecule has 1 aromatic carbocycles. The first kappa shape index (κ1) is 13.4.